The van der Waals surface area contributed by atoms with Crippen LogP contribution in [0.5, 0.6) is 5.75 Å². The molecule has 5 nitrogen and oxygen atoms in total. The lowest BCUT2D eigenvalue weighted by Crippen LogP contribution is -2.40. The fourth-order valence-electron chi connectivity index (χ4n) is 1.48. The van der Waals surface area contributed by atoms with Gasteiger partial charge in [-0.1, -0.05) is 11.6 Å². The van der Waals surface area contributed by atoms with Crippen LogP contribution in [0.15, 0.2) is 29.3 Å². The molecule has 0 amide bonds. The molecule has 0 spiro atoms. The molecule has 0 fully saturated rings. The maximum atomic E-state index is 5.80. The highest BCUT2D eigenvalue weighted by molar-refractivity contribution is 14.0. The van der Waals surface area contributed by atoms with Crippen molar-refractivity contribution >= 4 is 41.5 Å². The molecule has 1 aromatic rings. The summed E-state index contributed by atoms with van der Waals surface area (Å²) in [5.41, 5.74) is 0. The van der Waals surface area contributed by atoms with Crippen molar-refractivity contribution < 1.29 is 9.47 Å². The van der Waals surface area contributed by atoms with E-state index in [1.165, 1.54) is 0 Å². The number of aliphatic imine (C=N–C) groups is 1. The van der Waals surface area contributed by atoms with Crippen LogP contribution in [-0.4, -0.2) is 45.9 Å². The van der Waals surface area contributed by atoms with E-state index in [0.717, 1.165) is 24.9 Å². The van der Waals surface area contributed by atoms with Crippen LogP contribution in [0.1, 0.15) is 6.92 Å². The second kappa shape index (κ2) is 13.0. The van der Waals surface area contributed by atoms with Gasteiger partial charge in [0.15, 0.2) is 5.96 Å². The second-order valence-corrected chi connectivity index (χ2v) is 4.36. The fourth-order valence-corrected chi connectivity index (χ4v) is 1.60. The van der Waals surface area contributed by atoms with Gasteiger partial charge >= 0.3 is 0 Å². The summed E-state index contributed by atoms with van der Waals surface area (Å²) in [5.74, 6) is 1.54. The van der Waals surface area contributed by atoms with E-state index in [2.05, 4.69) is 15.6 Å². The summed E-state index contributed by atoms with van der Waals surface area (Å²) >= 11 is 5.80. The summed E-state index contributed by atoms with van der Waals surface area (Å²) in [6.45, 7) is 5.30. The molecule has 0 atom stereocenters. The van der Waals surface area contributed by atoms with Crippen LogP contribution in [0.25, 0.3) is 0 Å². The topological polar surface area (TPSA) is 54.9 Å². The first-order chi connectivity index (χ1) is 9.76. The summed E-state index contributed by atoms with van der Waals surface area (Å²) in [7, 11) is 1.73. The van der Waals surface area contributed by atoms with E-state index in [9.17, 15) is 0 Å². The Hall–Kier alpha value is -0.730. The number of ether oxygens (including phenoxy) is 2. The standard InChI is InChI=1S/C14H22ClN3O2.HI/c1-3-19-10-8-17-14(16-2)18-9-11-20-13-6-4-12(15)5-7-13;/h4-7H,3,8-11H2,1-2H3,(H2,16,17,18);1H. The molecule has 0 aromatic heterocycles. The molecule has 0 radical (unpaired) electrons. The average Bonchev–Trinajstić information content (AvgIpc) is 2.47. The summed E-state index contributed by atoms with van der Waals surface area (Å²) in [6, 6.07) is 7.30. The minimum Gasteiger partial charge on any atom is -0.492 e. The average molecular weight is 428 g/mol. The van der Waals surface area contributed by atoms with Gasteiger partial charge < -0.3 is 20.1 Å². The number of benzene rings is 1. The predicted molar refractivity (Wildman–Crippen MR) is 98.2 cm³/mol. The van der Waals surface area contributed by atoms with Gasteiger partial charge in [0.2, 0.25) is 0 Å². The molecule has 120 valence electrons. The Balaban J connectivity index is 0.00000400. The highest BCUT2D eigenvalue weighted by Gasteiger charge is 1.97. The minimum absolute atomic E-state index is 0. The van der Waals surface area contributed by atoms with Crippen molar-refractivity contribution in [2.75, 3.05) is 40.0 Å². The van der Waals surface area contributed by atoms with Crippen LogP contribution >= 0.6 is 35.6 Å². The van der Waals surface area contributed by atoms with E-state index >= 15 is 0 Å². The molecular formula is C14H23ClIN3O2. The number of nitrogens with zero attached hydrogens (tertiary/aromatic N) is 1. The van der Waals surface area contributed by atoms with Crippen LogP contribution in [0, 0.1) is 0 Å². The first-order valence-corrected chi connectivity index (χ1v) is 7.04. The fraction of sp³-hybridized carbons (Fsp3) is 0.500. The van der Waals surface area contributed by atoms with Crippen LogP contribution in [-0.2, 0) is 4.74 Å². The lowest BCUT2D eigenvalue weighted by Gasteiger charge is -2.12. The van der Waals surface area contributed by atoms with E-state index in [1.54, 1.807) is 19.2 Å². The number of halogens is 2. The third-order valence-electron chi connectivity index (χ3n) is 2.44. The Morgan fingerprint density at radius 1 is 1.14 bits per heavy atom. The van der Waals surface area contributed by atoms with Crippen molar-refractivity contribution in [3.05, 3.63) is 29.3 Å². The zero-order valence-corrected chi connectivity index (χ0v) is 15.5. The Kier molecular flexibility index (Phi) is 12.5. The molecular weight excluding hydrogens is 405 g/mol. The van der Waals surface area contributed by atoms with Crippen molar-refractivity contribution in [2.45, 2.75) is 6.92 Å². The van der Waals surface area contributed by atoms with E-state index in [0.29, 0.717) is 24.8 Å². The lowest BCUT2D eigenvalue weighted by molar-refractivity contribution is 0.152. The Labute approximate surface area is 148 Å². The zero-order valence-electron chi connectivity index (χ0n) is 12.4. The second-order valence-electron chi connectivity index (χ2n) is 3.93. The van der Waals surface area contributed by atoms with Gasteiger partial charge in [-0.05, 0) is 31.2 Å². The molecule has 21 heavy (non-hydrogen) atoms. The minimum atomic E-state index is 0. The zero-order chi connectivity index (χ0) is 14.6. The molecule has 1 rings (SSSR count). The number of nitrogens with one attached hydrogen (secondary N) is 2. The first kappa shape index (κ1) is 20.3. The molecule has 1 aromatic carbocycles. The van der Waals surface area contributed by atoms with Gasteiger partial charge in [-0.25, -0.2) is 0 Å². The Morgan fingerprint density at radius 2 is 1.76 bits per heavy atom. The molecule has 2 N–H and O–H groups in total. The summed E-state index contributed by atoms with van der Waals surface area (Å²) in [4.78, 5) is 4.11. The molecule has 7 heteroatoms. The van der Waals surface area contributed by atoms with Gasteiger partial charge in [-0.2, -0.15) is 0 Å². The van der Waals surface area contributed by atoms with Crippen molar-refractivity contribution in [3.8, 4) is 5.75 Å². The summed E-state index contributed by atoms with van der Waals surface area (Å²) in [5, 5.41) is 7.01. The molecule has 0 bridgehead atoms. The van der Waals surface area contributed by atoms with E-state index < -0.39 is 0 Å². The smallest absolute Gasteiger partial charge is 0.191 e. The Morgan fingerprint density at radius 3 is 2.33 bits per heavy atom. The van der Waals surface area contributed by atoms with E-state index in [4.69, 9.17) is 21.1 Å². The van der Waals surface area contributed by atoms with Gasteiger partial charge in [0.25, 0.3) is 0 Å². The molecule has 0 aliphatic rings. The molecule has 0 unspecified atom stereocenters. The van der Waals surface area contributed by atoms with Crippen molar-refractivity contribution in [1.82, 2.24) is 10.6 Å². The molecule has 0 saturated carbocycles. The number of hydrogen-bond donors (Lipinski definition) is 2. The monoisotopic (exact) mass is 427 g/mol. The van der Waals surface area contributed by atoms with Crippen molar-refractivity contribution in [1.29, 1.82) is 0 Å². The lowest BCUT2D eigenvalue weighted by atomic mass is 10.3. The van der Waals surface area contributed by atoms with Gasteiger partial charge in [0, 0.05) is 25.2 Å². The molecule has 0 aliphatic carbocycles. The first-order valence-electron chi connectivity index (χ1n) is 6.67. The summed E-state index contributed by atoms with van der Waals surface area (Å²) < 4.78 is 10.8. The van der Waals surface area contributed by atoms with Gasteiger partial charge in [-0.3, -0.25) is 4.99 Å². The number of guanidine groups is 1. The van der Waals surface area contributed by atoms with Gasteiger partial charge in [-0.15, -0.1) is 24.0 Å². The molecule has 0 heterocycles. The van der Waals surface area contributed by atoms with Gasteiger partial charge in [0.05, 0.1) is 13.2 Å². The van der Waals surface area contributed by atoms with Crippen LogP contribution in [0.4, 0.5) is 0 Å². The number of rotatable bonds is 8. The highest BCUT2D eigenvalue weighted by Crippen LogP contribution is 2.14. The SMILES string of the molecule is CCOCCNC(=NC)NCCOc1ccc(Cl)cc1.I. The normalized spacial score (nSPS) is 10.7. The van der Waals surface area contributed by atoms with Gasteiger partial charge in [0.1, 0.15) is 12.4 Å². The largest absolute Gasteiger partial charge is 0.492 e. The van der Waals surface area contributed by atoms with Crippen molar-refractivity contribution in [3.63, 3.8) is 0 Å². The highest BCUT2D eigenvalue weighted by atomic mass is 127. The predicted octanol–water partition coefficient (Wildman–Crippen LogP) is 2.54. The third-order valence-corrected chi connectivity index (χ3v) is 2.70. The summed E-state index contributed by atoms with van der Waals surface area (Å²) in [6.07, 6.45) is 0. The Bertz CT molecular complexity index is 402. The molecule has 0 aliphatic heterocycles. The maximum Gasteiger partial charge on any atom is 0.191 e. The van der Waals surface area contributed by atoms with Crippen molar-refractivity contribution in [2.24, 2.45) is 4.99 Å². The molecule has 0 saturated heterocycles. The maximum absolute atomic E-state index is 5.80. The van der Waals surface area contributed by atoms with Crippen LogP contribution < -0.4 is 15.4 Å². The van der Waals surface area contributed by atoms with E-state index in [1.807, 2.05) is 19.1 Å². The quantitative estimate of drug-likeness (QED) is 0.290. The van der Waals surface area contributed by atoms with Crippen LogP contribution in [0.3, 0.4) is 0 Å². The van der Waals surface area contributed by atoms with Crippen LogP contribution in [0.2, 0.25) is 5.02 Å². The number of hydrogen-bond acceptors (Lipinski definition) is 3. The third kappa shape index (κ3) is 9.76. The van der Waals surface area contributed by atoms with E-state index in [-0.39, 0.29) is 24.0 Å².